The average Bonchev–Trinajstić information content (AvgIpc) is 2.83. The summed E-state index contributed by atoms with van der Waals surface area (Å²) in [6.45, 7) is 2.76. The first kappa shape index (κ1) is 25.8. The summed E-state index contributed by atoms with van der Waals surface area (Å²) in [7, 11) is -4.08. The molecule has 0 saturated carbocycles. The molecule has 0 radical (unpaired) electrons. The molecule has 0 fully saturated rings. The quantitative estimate of drug-likeness (QED) is 0.277. The van der Waals surface area contributed by atoms with Gasteiger partial charge in [-0.25, -0.2) is 17.1 Å². The van der Waals surface area contributed by atoms with Crippen molar-refractivity contribution in [1.29, 1.82) is 0 Å². The van der Waals surface area contributed by atoms with E-state index in [2.05, 4.69) is 5.32 Å². The Morgan fingerprint density at radius 3 is 2.38 bits per heavy atom. The molecule has 7 nitrogen and oxygen atoms in total. The maximum absolute atomic E-state index is 13.6. The summed E-state index contributed by atoms with van der Waals surface area (Å²) in [6, 6.07) is 18.6. The molecule has 0 aliphatic rings. The van der Waals surface area contributed by atoms with Gasteiger partial charge in [0.05, 0.1) is 22.9 Å². The van der Waals surface area contributed by atoms with E-state index in [1.54, 1.807) is 55.5 Å². The van der Waals surface area contributed by atoms with E-state index < -0.39 is 22.1 Å². The topological polar surface area (TPSA) is 93.9 Å². The minimum Gasteiger partial charge on any atom is -0.492 e. The van der Waals surface area contributed by atoms with Crippen molar-refractivity contribution < 1.29 is 22.3 Å². The molecule has 0 aliphatic heterocycles. The minimum absolute atomic E-state index is 0.0574. The van der Waals surface area contributed by atoms with Crippen molar-refractivity contribution in [1.82, 2.24) is 0 Å². The van der Waals surface area contributed by atoms with Crippen LogP contribution in [0, 0.1) is 5.82 Å². The Bertz CT molecular complexity index is 1160. The normalized spacial score (nSPS) is 12.2. The van der Waals surface area contributed by atoms with Gasteiger partial charge < -0.3 is 20.5 Å². The highest BCUT2D eigenvalue weighted by molar-refractivity contribution is 7.92. The number of hydrogen-bond donors (Lipinski definition) is 2. The molecular formula is C24H27ClFN3O4S. The molecule has 3 rings (SSSR count). The van der Waals surface area contributed by atoms with Crippen molar-refractivity contribution in [3.8, 4) is 5.75 Å². The molecule has 1 unspecified atom stereocenters. The van der Waals surface area contributed by atoms with Crippen LogP contribution in [0.1, 0.15) is 6.92 Å². The van der Waals surface area contributed by atoms with Crippen LogP contribution in [-0.4, -0.2) is 40.9 Å². The summed E-state index contributed by atoms with van der Waals surface area (Å²) in [4.78, 5) is -0.0574. The summed E-state index contributed by atoms with van der Waals surface area (Å²) in [5.74, 6) is 0.143. The fraction of sp³-hybridized carbons (Fsp3) is 0.250. The molecule has 0 aromatic heterocycles. The molecule has 0 bridgehead atoms. The number of rotatable bonds is 12. The standard InChI is InChI=1S/C24H27ClFN3O4S/c1-18(32-16-14-27)29(34(30,31)22-12-8-20(26)9-13-22)24-5-3-2-4-23(24)28-15-17-33-21-10-6-19(25)7-11-21/h2-13,18,28H,14-17,27H2,1H3. The Balaban J connectivity index is 1.84. The van der Waals surface area contributed by atoms with Gasteiger partial charge in [-0.3, -0.25) is 0 Å². The number of anilines is 2. The number of halogens is 2. The molecular weight excluding hydrogens is 481 g/mol. The van der Waals surface area contributed by atoms with E-state index in [1.165, 1.54) is 12.1 Å². The van der Waals surface area contributed by atoms with Crippen LogP contribution in [0.25, 0.3) is 0 Å². The number of ether oxygens (including phenoxy) is 2. The second kappa shape index (κ2) is 12.0. The third-order valence-electron chi connectivity index (χ3n) is 4.82. The molecule has 34 heavy (non-hydrogen) atoms. The third kappa shape index (κ3) is 6.60. The number of sulfonamides is 1. The lowest BCUT2D eigenvalue weighted by molar-refractivity contribution is 0.0802. The Morgan fingerprint density at radius 2 is 1.71 bits per heavy atom. The van der Waals surface area contributed by atoms with Crippen molar-refractivity contribution in [2.75, 3.05) is 35.9 Å². The minimum atomic E-state index is -4.08. The lowest BCUT2D eigenvalue weighted by Gasteiger charge is -2.32. The molecule has 0 aliphatic carbocycles. The van der Waals surface area contributed by atoms with Gasteiger partial charge in [0.1, 0.15) is 24.4 Å². The van der Waals surface area contributed by atoms with Gasteiger partial charge in [0.25, 0.3) is 10.0 Å². The van der Waals surface area contributed by atoms with Crippen LogP contribution in [0.15, 0.2) is 77.7 Å². The number of nitrogens with one attached hydrogen (secondary N) is 1. The van der Waals surface area contributed by atoms with Gasteiger partial charge in [-0.1, -0.05) is 23.7 Å². The van der Waals surface area contributed by atoms with Crippen molar-refractivity contribution in [3.05, 3.63) is 83.6 Å². The summed E-state index contributed by atoms with van der Waals surface area (Å²) in [6.07, 6.45) is -0.869. The summed E-state index contributed by atoms with van der Waals surface area (Å²) in [5, 5.41) is 3.84. The van der Waals surface area contributed by atoms with Crippen molar-refractivity contribution in [2.24, 2.45) is 5.73 Å². The molecule has 0 amide bonds. The fourth-order valence-corrected chi connectivity index (χ4v) is 4.95. The Morgan fingerprint density at radius 1 is 1.03 bits per heavy atom. The molecule has 10 heteroatoms. The van der Waals surface area contributed by atoms with E-state index in [0.717, 1.165) is 16.4 Å². The zero-order chi connectivity index (χ0) is 24.6. The van der Waals surface area contributed by atoms with Crippen LogP contribution in [0.5, 0.6) is 5.75 Å². The Kier molecular flexibility index (Phi) is 9.12. The maximum atomic E-state index is 13.6. The fourth-order valence-electron chi connectivity index (χ4n) is 3.25. The Hall–Kier alpha value is -2.85. The molecule has 3 aromatic carbocycles. The smallest absolute Gasteiger partial charge is 0.266 e. The van der Waals surface area contributed by atoms with Gasteiger partial charge in [-0.05, 0) is 67.6 Å². The molecule has 182 valence electrons. The first-order valence-corrected chi connectivity index (χ1v) is 12.5. The first-order valence-electron chi connectivity index (χ1n) is 10.7. The predicted octanol–water partition coefficient (Wildman–Crippen LogP) is 4.49. The van der Waals surface area contributed by atoms with E-state index in [1.807, 2.05) is 0 Å². The highest BCUT2D eigenvalue weighted by atomic mass is 35.5. The van der Waals surface area contributed by atoms with E-state index >= 15 is 0 Å². The van der Waals surface area contributed by atoms with Gasteiger partial charge in [0.15, 0.2) is 0 Å². The SMILES string of the molecule is CC(OCCN)N(c1ccccc1NCCOc1ccc(Cl)cc1)S(=O)(=O)c1ccc(F)cc1. The highest BCUT2D eigenvalue weighted by Crippen LogP contribution is 2.33. The summed E-state index contributed by atoms with van der Waals surface area (Å²) >= 11 is 5.89. The number of benzene rings is 3. The number of para-hydroxylation sites is 2. The van der Waals surface area contributed by atoms with Crippen LogP contribution in [0.2, 0.25) is 5.02 Å². The van der Waals surface area contributed by atoms with Crippen molar-refractivity contribution in [2.45, 2.75) is 18.0 Å². The number of nitrogens with zero attached hydrogens (tertiary/aromatic N) is 1. The van der Waals surface area contributed by atoms with E-state index in [4.69, 9.17) is 26.8 Å². The average molecular weight is 508 g/mol. The zero-order valence-corrected chi connectivity index (χ0v) is 20.2. The van der Waals surface area contributed by atoms with Crippen molar-refractivity contribution >= 4 is 33.0 Å². The predicted molar refractivity (Wildman–Crippen MR) is 132 cm³/mol. The molecule has 1 atom stereocenters. The molecule has 0 spiro atoms. The van der Waals surface area contributed by atoms with Gasteiger partial charge in [-0.2, -0.15) is 0 Å². The maximum Gasteiger partial charge on any atom is 0.266 e. The van der Waals surface area contributed by atoms with Gasteiger partial charge >= 0.3 is 0 Å². The second-order valence-electron chi connectivity index (χ2n) is 7.26. The lowest BCUT2D eigenvalue weighted by atomic mass is 10.2. The third-order valence-corrected chi connectivity index (χ3v) is 6.95. The molecule has 3 aromatic rings. The largest absolute Gasteiger partial charge is 0.492 e. The molecule has 0 saturated heterocycles. The van der Waals surface area contributed by atoms with Crippen LogP contribution in [-0.2, 0) is 14.8 Å². The first-order chi connectivity index (χ1) is 16.3. The lowest BCUT2D eigenvalue weighted by Crippen LogP contribution is -2.41. The number of nitrogens with two attached hydrogens (primary N) is 1. The van der Waals surface area contributed by atoms with Crippen LogP contribution >= 0.6 is 11.6 Å². The van der Waals surface area contributed by atoms with E-state index in [9.17, 15) is 12.8 Å². The van der Waals surface area contributed by atoms with Gasteiger partial charge in [0, 0.05) is 18.1 Å². The van der Waals surface area contributed by atoms with Crippen LogP contribution < -0.4 is 20.1 Å². The van der Waals surface area contributed by atoms with E-state index in [0.29, 0.717) is 35.3 Å². The van der Waals surface area contributed by atoms with E-state index in [-0.39, 0.29) is 18.0 Å². The summed E-state index contributed by atoms with van der Waals surface area (Å²) in [5.41, 5.74) is 6.49. The Labute approximate surface area is 204 Å². The monoisotopic (exact) mass is 507 g/mol. The van der Waals surface area contributed by atoms with Crippen molar-refractivity contribution in [3.63, 3.8) is 0 Å². The second-order valence-corrected chi connectivity index (χ2v) is 9.51. The number of hydrogen-bond acceptors (Lipinski definition) is 6. The molecule has 3 N–H and O–H groups in total. The summed E-state index contributed by atoms with van der Waals surface area (Å²) < 4.78 is 53.1. The van der Waals surface area contributed by atoms with Crippen LogP contribution in [0.4, 0.5) is 15.8 Å². The zero-order valence-electron chi connectivity index (χ0n) is 18.7. The highest BCUT2D eigenvalue weighted by Gasteiger charge is 2.31. The molecule has 0 heterocycles. The van der Waals surface area contributed by atoms with Gasteiger partial charge in [0.2, 0.25) is 0 Å². The van der Waals surface area contributed by atoms with Gasteiger partial charge in [-0.15, -0.1) is 0 Å². The van der Waals surface area contributed by atoms with Crippen LogP contribution in [0.3, 0.4) is 0 Å².